The molecule has 5 aliphatic rings. The highest BCUT2D eigenvalue weighted by molar-refractivity contribution is 4.92. The molecule has 0 spiro atoms. The maximum absolute atomic E-state index is 5.70. The average molecular weight is 363 g/mol. The van der Waals surface area contributed by atoms with Crippen LogP contribution in [0.15, 0.2) is 0 Å². The minimum absolute atomic E-state index is 0.616. The first-order valence-electron chi connectivity index (χ1n) is 12.0. The summed E-state index contributed by atoms with van der Waals surface area (Å²) in [6, 6.07) is 0. The molecule has 4 bridgehead atoms. The second-order valence-corrected chi connectivity index (χ2v) is 10.8. The van der Waals surface area contributed by atoms with Crippen LogP contribution in [-0.4, -0.2) is 12.2 Å². The Morgan fingerprint density at radius 3 is 1.15 bits per heavy atom. The summed E-state index contributed by atoms with van der Waals surface area (Å²) in [4.78, 5) is 0. The van der Waals surface area contributed by atoms with E-state index in [9.17, 15) is 0 Å². The number of ether oxygens (including phenoxy) is 1. The molecule has 152 valence electrons. The van der Waals surface area contributed by atoms with E-state index in [4.69, 9.17) is 4.74 Å². The number of fused-ring (bicyclic) bond motifs is 4. The first kappa shape index (κ1) is 20.7. The fourth-order valence-corrected chi connectivity index (χ4v) is 6.51. The molecule has 0 aromatic heterocycles. The lowest BCUT2D eigenvalue weighted by Gasteiger charge is -2.24. The molecular weight excluding hydrogens is 316 g/mol. The third kappa shape index (κ3) is 4.50. The second kappa shape index (κ2) is 8.97. The molecule has 0 radical (unpaired) electrons. The van der Waals surface area contributed by atoms with Crippen molar-refractivity contribution in [3.63, 3.8) is 0 Å². The molecule has 0 amide bonds. The molecule has 1 nitrogen and oxygen atoms in total. The molecule has 0 N–H and O–H groups in total. The van der Waals surface area contributed by atoms with Crippen LogP contribution in [0.2, 0.25) is 0 Å². The predicted molar refractivity (Wildman–Crippen MR) is 112 cm³/mol. The molecule has 3 aliphatic carbocycles. The molecule has 10 atom stereocenters. The van der Waals surface area contributed by atoms with E-state index < -0.39 is 0 Å². The lowest BCUT2D eigenvalue weighted by atomic mass is 9.82. The Balaban J connectivity index is 0.000000113. The molecule has 2 saturated heterocycles. The first-order chi connectivity index (χ1) is 12.4. The molecular formula is C25H46O. The molecule has 5 fully saturated rings. The van der Waals surface area contributed by atoms with Crippen molar-refractivity contribution in [2.75, 3.05) is 0 Å². The minimum Gasteiger partial charge on any atom is -0.374 e. The maximum atomic E-state index is 5.70. The highest BCUT2D eigenvalue weighted by Crippen LogP contribution is 2.51. The quantitative estimate of drug-likeness (QED) is 0.438. The van der Waals surface area contributed by atoms with E-state index in [0.717, 1.165) is 47.3 Å². The fraction of sp³-hybridized carbons (Fsp3) is 1.00. The van der Waals surface area contributed by atoms with Gasteiger partial charge in [0, 0.05) is 0 Å². The van der Waals surface area contributed by atoms with Gasteiger partial charge in [0.25, 0.3) is 0 Å². The van der Waals surface area contributed by atoms with Crippen molar-refractivity contribution in [1.29, 1.82) is 0 Å². The van der Waals surface area contributed by atoms with E-state index in [2.05, 4.69) is 41.5 Å². The van der Waals surface area contributed by atoms with Gasteiger partial charge in [0.15, 0.2) is 0 Å². The van der Waals surface area contributed by atoms with E-state index >= 15 is 0 Å². The van der Waals surface area contributed by atoms with Crippen LogP contribution in [0.25, 0.3) is 0 Å². The first-order valence-corrected chi connectivity index (χ1v) is 12.0. The van der Waals surface area contributed by atoms with Gasteiger partial charge in [0.2, 0.25) is 0 Å². The Morgan fingerprint density at radius 1 is 0.500 bits per heavy atom. The maximum Gasteiger partial charge on any atom is 0.0609 e. The zero-order valence-corrected chi connectivity index (χ0v) is 18.5. The number of rotatable bonds is 0. The van der Waals surface area contributed by atoms with Crippen LogP contribution >= 0.6 is 0 Å². The molecule has 5 rings (SSSR count). The standard InChI is InChI=1S/C9H16.C8H14O.C8H16/c1-6-7(2)9-4-3-8(6)5-9;1-5-6(2)8-4-3-7(5)9-8;1-7-5-3-4-6-8(7)2/h6-9H,3-5H2,1-2H3;5-8H,3-4H2,1-2H3;7-8H,3-6H2,1-2H3/t6-,7+,8?,9?;5-,6+,7?,8?;7-,8+. The van der Waals surface area contributed by atoms with Gasteiger partial charge in [-0.1, -0.05) is 67.2 Å². The van der Waals surface area contributed by atoms with Gasteiger partial charge in [0.1, 0.15) is 0 Å². The van der Waals surface area contributed by atoms with Crippen molar-refractivity contribution in [3.8, 4) is 0 Å². The van der Waals surface area contributed by atoms with E-state index in [1.807, 2.05) is 0 Å². The lowest BCUT2D eigenvalue weighted by molar-refractivity contribution is 0.0897. The number of hydrogen-bond acceptors (Lipinski definition) is 1. The molecule has 1 heteroatoms. The molecule has 0 aromatic rings. The second-order valence-electron chi connectivity index (χ2n) is 10.8. The van der Waals surface area contributed by atoms with Gasteiger partial charge in [-0.15, -0.1) is 0 Å². The third-order valence-electron chi connectivity index (χ3n) is 9.46. The fourth-order valence-electron chi connectivity index (χ4n) is 6.51. The predicted octanol–water partition coefficient (Wildman–Crippen LogP) is 7.34. The summed E-state index contributed by atoms with van der Waals surface area (Å²) in [5.74, 6) is 7.97. The highest BCUT2D eigenvalue weighted by atomic mass is 16.5. The van der Waals surface area contributed by atoms with Gasteiger partial charge in [-0.3, -0.25) is 0 Å². The Labute approximate surface area is 164 Å². The van der Waals surface area contributed by atoms with Crippen molar-refractivity contribution < 1.29 is 4.74 Å². The van der Waals surface area contributed by atoms with E-state index in [0.29, 0.717) is 12.2 Å². The molecule has 3 saturated carbocycles. The van der Waals surface area contributed by atoms with Crippen LogP contribution in [0.4, 0.5) is 0 Å². The summed E-state index contributed by atoms with van der Waals surface area (Å²) in [6.45, 7) is 14.3. The largest absolute Gasteiger partial charge is 0.374 e. The van der Waals surface area contributed by atoms with Crippen molar-refractivity contribution in [2.45, 2.75) is 112 Å². The zero-order chi connectivity index (χ0) is 18.8. The lowest BCUT2D eigenvalue weighted by Crippen LogP contribution is -2.21. The Kier molecular flexibility index (Phi) is 7.14. The summed E-state index contributed by atoms with van der Waals surface area (Å²) in [5.41, 5.74) is 0. The zero-order valence-electron chi connectivity index (χ0n) is 18.5. The summed E-state index contributed by atoms with van der Waals surface area (Å²) in [7, 11) is 0. The normalized spacial score (nSPS) is 51.5. The van der Waals surface area contributed by atoms with E-state index in [1.165, 1.54) is 51.4 Å². The monoisotopic (exact) mass is 362 g/mol. The van der Waals surface area contributed by atoms with Crippen LogP contribution < -0.4 is 0 Å². The average Bonchev–Trinajstić information content (AvgIpc) is 3.39. The van der Waals surface area contributed by atoms with Gasteiger partial charge in [0.05, 0.1) is 12.2 Å². The third-order valence-corrected chi connectivity index (χ3v) is 9.46. The highest BCUT2D eigenvalue weighted by Gasteiger charge is 2.44. The van der Waals surface area contributed by atoms with E-state index in [-0.39, 0.29) is 0 Å². The van der Waals surface area contributed by atoms with Crippen LogP contribution in [0.1, 0.15) is 99.3 Å². The van der Waals surface area contributed by atoms with Crippen molar-refractivity contribution in [3.05, 3.63) is 0 Å². The summed E-state index contributed by atoms with van der Waals surface area (Å²) in [5, 5.41) is 0. The Bertz CT molecular complexity index is 356. The van der Waals surface area contributed by atoms with E-state index in [1.54, 1.807) is 6.42 Å². The van der Waals surface area contributed by atoms with Gasteiger partial charge < -0.3 is 4.74 Å². The van der Waals surface area contributed by atoms with Gasteiger partial charge >= 0.3 is 0 Å². The van der Waals surface area contributed by atoms with Crippen LogP contribution in [0.5, 0.6) is 0 Å². The van der Waals surface area contributed by atoms with Crippen LogP contribution in [-0.2, 0) is 4.74 Å². The van der Waals surface area contributed by atoms with Gasteiger partial charge in [-0.2, -0.15) is 0 Å². The van der Waals surface area contributed by atoms with Crippen LogP contribution in [0, 0.1) is 47.3 Å². The summed E-state index contributed by atoms with van der Waals surface area (Å²) < 4.78 is 5.70. The molecule has 26 heavy (non-hydrogen) atoms. The molecule has 2 heterocycles. The Hall–Kier alpha value is -0.0400. The molecule has 4 unspecified atom stereocenters. The minimum atomic E-state index is 0.616. The van der Waals surface area contributed by atoms with Crippen LogP contribution in [0.3, 0.4) is 0 Å². The van der Waals surface area contributed by atoms with Crippen molar-refractivity contribution >= 4 is 0 Å². The summed E-state index contributed by atoms with van der Waals surface area (Å²) in [6.07, 6.45) is 14.4. The summed E-state index contributed by atoms with van der Waals surface area (Å²) >= 11 is 0. The van der Waals surface area contributed by atoms with Crippen molar-refractivity contribution in [1.82, 2.24) is 0 Å². The SMILES string of the molecule is C[C@@H]1C2CCC(C2)[C@@H]1C.C[C@@H]1C2CCC(O2)[C@@H]1C.C[C@@H]1CCCC[C@@H]1C. The number of hydrogen-bond donors (Lipinski definition) is 0. The van der Waals surface area contributed by atoms with Crippen molar-refractivity contribution in [2.24, 2.45) is 47.3 Å². The topological polar surface area (TPSA) is 9.23 Å². The molecule has 2 aliphatic heterocycles. The smallest absolute Gasteiger partial charge is 0.0609 e. The van der Waals surface area contributed by atoms with Gasteiger partial charge in [-0.05, 0) is 79.4 Å². The Morgan fingerprint density at radius 2 is 0.923 bits per heavy atom. The molecule has 0 aromatic carbocycles. The van der Waals surface area contributed by atoms with Gasteiger partial charge in [-0.25, -0.2) is 0 Å².